The zero-order chi connectivity index (χ0) is 16.0. The molecule has 0 spiro atoms. The van der Waals surface area contributed by atoms with Crippen LogP contribution in [0.1, 0.15) is 15.1 Å². The summed E-state index contributed by atoms with van der Waals surface area (Å²) in [6.45, 7) is -6.36. The van der Waals surface area contributed by atoms with Crippen molar-refractivity contribution < 1.29 is 15.1 Å². The predicted octanol–water partition coefficient (Wildman–Crippen LogP) is 1.72. The lowest BCUT2D eigenvalue weighted by molar-refractivity contribution is 0.762. The Labute approximate surface area is 71.4 Å². The topological polar surface area (TPSA) is 5.90 Å². The summed E-state index contributed by atoms with van der Waals surface area (Å²) in [5, 5.41) is 0. The van der Waals surface area contributed by atoms with E-state index in [-0.39, 0.29) is 4.90 Å². The largest absolute Gasteiger partial charge is 0.180 e. The minimum Gasteiger partial charge on any atom is -0.140 e. The van der Waals surface area contributed by atoms with Crippen LogP contribution in [0.15, 0.2) is 30.2 Å². The fraction of sp³-hybridized carbons (Fsp3) is 0.250. The summed E-state index contributed by atoms with van der Waals surface area (Å²) in [6, 6.07) is -4.05. The van der Waals surface area contributed by atoms with E-state index < -0.39 is 49.9 Å². The Morgan fingerprint density at radius 1 is 1.33 bits per heavy atom. The van der Waals surface area contributed by atoms with Crippen molar-refractivity contribution in [3.8, 4) is 0 Å². The lowest BCUT2D eigenvalue weighted by Gasteiger charge is -1.95. The number of nitrogens with zero attached hydrogens (tertiary/aromatic N) is 1. The van der Waals surface area contributed by atoms with Gasteiger partial charge in [-0.05, 0) is 0 Å². The van der Waals surface area contributed by atoms with E-state index in [1.165, 1.54) is 0 Å². The maximum Gasteiger partial charge on any atom is 0.180 e. The van der Waals surface area contributed by atoms with Gasteiger partial charge in [0, 0.05) is 12.1 Å². The van der Waals surface area contributed by atoms with Gasteiger partial charge in [-0.3, -0.25) is 0 Å². The first-order chi connectivity index (χ1) is 8.80. The second-order valence-corrected chi connectivity index (χ2v) is 1.31. The molecule has 0 unspecified atom stereocenters. The van der Waals surface area contributed by atoms with Gasteiger partial charge in [-0.2, -0.15) is 0 Å². The zero-order valence-electron chi connectivity index (χ0n) is 15.4. The molecule has 0 aliphatic rings. The van der Waals surface area contributed by atoms with Crippen LogP contribution in [0, 0.1) is 0 Å². The summed E-state index contributed by atoms with van der Waals surface area (Å²) >= 11 is 0. The molecule has 0 amide bonds. The Morgan fingerprint density at radius 3 is 2.56 bits per heavy atom. The molecule has 0 heterocycles. The molecule has 47 valence electrons. The smallest absolute Gasteiger partial charge is 0.140 e. The van der Waals surface area contributed by atoms with Crippen LogP contribution in [0.5, 0.6) is 0 Å². The number of anilines is 1. The summed E-state index contributed by atoms with van der Waals surface area (Å²) in [4.78, 5) is -0.111. The highest BCUT2D eigenvalue weighted by atomic mass is 15.1. The fourth-order valence-corrected chi connectivity index (χ4v) is 0.355. The van der Waals surface area contributed by atoms with Gasteiger partial charge in [0.1, 0.15) is 14.0 Å². The standard InChI is InChI=1S/C8H11N/c1-9(2)8-6-4-3-5-7-8/h3-7H,1-2H3/q+1/i1D3,2D3,3D,4D,5D,6D,7D. The molecule has 1 heteroatoms. The van der Waals surface area contributed by atoms with Gasteiger partial charge >= 0.3 is 0 Å². The van der Waals surface area contributed by atoms with Gasteiger partial charge in [-0.1, -0.05) is 18.1 Å². The zero-order valence-corrected chi connectivity index (χ0v) is 4.45. The van der Waals surface area contributed by atoms with Gasteiger partial charge in [-0.25, -0.2) is 0 Å². The first-order valence-electron chi connectivity index (χ1n) is 7.67. The van der Waals surface area contributed by atoms with Crippen LogP contribution in [0.2, 0.25) is 0 Å². The highest BCUT2D eigenvalue weighted by Crippen LogP contribution is 2.06. The molecule has 0 bridgehead atoms. The van der Waals surface area contributed by atoms with Crippen molar-refractivity contribution >= 4 is 5.69 Å². The van der Waals surface area contributed by atoms with Gasteiger partial charge in [0.25, 0.3) is 0 Å². The number of rotatable bonds is 1. The van der Waals surface area contributed by atoms with Crippen molar-refractivity contribution in [1.29, 1.82) is 0 Å². The predicted molar refractivity (Wildman–Crippen MR) is 40.1 cm³/mol. The Balaban J connectivity index is 3.76. The number of hydrogen-bond donors (Lipinski definition) is 0. The Kier molecular flexibility index (Phi) is 0.337. The molecule has 1 rings (SSSR count). The molecular formula is C8H11N+. The molecule has 0 fully saturated rings. The molecule has 1 aromatic carbocycles. The van der Waals surface area contributed by atoms with Crippen LogP contribution in [0.4, 0.5) is 5.69 Å². The molecule has 1 nitrogen and oxygen atoms in total. The van der Waals surface area contributed by atoms with E-state index in [1.807, 2.05) is 0 Å². The first kappa shape index (κ1) is 1.15. The fourth-order valence-electron chi connectivity index (χ4n) is 0.355. The molecule has 0 atom stereocenters. The molecule has 0 aliphatic heterocycles. The van der Waals surface area contributed by atoms with Crippen molar-refractivity contribution in [2.45, 2.75) is 0 Å². The summed E-state index contributed by atoms with van der Waals surface area (Å²) in [7, 11) is 0. The minimum absolute atomic E-state index is 0.111. The maximum absolute atomic E-state index is 7.61. The molecule has 0 aromatic heterocycles. The van der Waals surface area contributed by atoms with Crippen LogP contribution in [0.25, 0.3) is 0 Å². The third-order valence-electron chi connectivity index (χ3n) is 0.710. The number of benzene rings is 1. The molecule has 1 radical (unpaired) electrons. The van der Waals surface area contributed by atoms with E-state index in [0.29, 0.717) is 0 Å². The third kappa shape index (κ3) is 1.54. The molecule has 9 heavy (non-hydrogen) atoms. The average molecular weight is 132 g/mol. The van der Waals surface area contributed by atoms with Crippen LogP contribution in [-0.4, -0.2) is 14.0 Å². The van der Waals surface area contributed by atoms with E-state index in [0.717, 1.165) is 0 Å². The maximum atomic E-state index is 7.61. The first-order valence-corrected chi connectivity index (χ1v) is 2.17. The van der Waals surface area contributed by atoms with Crippen LogP contribution >= 0.6 is 0 Å². The normalized spacial score (nSPS) is 30.6. The van der Waals surface area contributed by atoms with Crippen LogP contribution < -0.4 is 4.90 Å². The van der Waals surface area contributed by atoms with E-state index in [4.69, 9.17) is 15.1 Å². The highest BCUT2D eigenvalue weighted by Gasteiger charge is 2.00. The van der Waals surface area contributed by atoms with Crippen molar-refractivity contribution in [2.24, 2.45) is 0 Å². The lowest BCUT2D eigenvalue weighted by Crippen LogP contribution is -2.09. The number of para-hydroxylation sites is 1. The Hall–Kier alpha value is -0.820. The molecule has 1 aromatic rings. The van der Waals surface area contributed by atoms with Gasteiger partial charge in [0.15, 0.2) is 5.69 Å². The van der Waals surface area contributed by atoms with Gasteiger partial charge in [-0.15, -0.1) is 4.90 Å². The Bertz CT molecular complexity index is 486. The van der Waals surface area contributed by atoms with E-state index >= 15 is 0 Å². The second kappa shape index (κ2) is 2.65. The monoisotopic (exact) mass is 132 g/mol. The molecular weight excluding hydrogens is 110 g/mol. The van der Waals surface area contributed by atoms with Crippen molar-refractivity contribution in [3.05, 3.63) is 30.2 Å². The van der Waals surface area contributed by atoms with Gasteiger partial charge in [0.05, 0.1) is 15.1 Å². The summed E-state index contributed by atoms with van der Waals surface area (Å²) in [5.41, 5.74) is -0.865. The third-order valence-corrected chi connectivity index (χ3v) is 0.710. The number of hydrogen-bond acceptors (Lipinski definition) is 1. The molecule has 0 saturated carbocycles. The second-order valence-electron chi connectivity index (χ2n) is 1.31. The van der Waals surface area contributed by atoms with Crippen LogP contribution in [0.3, 0.4) is 0 Å². The van der Waals surface area contributed by atoms with Gasteiger partial charge in [0.2, 0.25) is 0 Å². The molecule has 0 aliphatic carbocycles. The quantitative estimate of drug-likeness (QED) is 0.513. The Morgan fingerprint density at radius 2 is 2.00 bits per heavy atom. The molecule has 0 N–H and O–H groups in total. The SMILES string of the molecule is [2H]c1c([2H])c([2H])c([N+](C([2H])([2H])[2H])C([2H])([2H])[2H])c([2H])c1[2H]. The lowest BCUT2D eigenvalue weighted by atomic mass is 10.3. The van der Waals surface area contributed by atoms with E-state index in [2.05, 4.69) is 0 Å². The minimum atomic E-state index is -3.18. The van der Waals surface area contributed by atoms with Crippen molar-refractivity contribution in [3.63, 3.8) is 0 Å². The van der Waals surface area contributed by atoms with Gasteiger partial charge < -0.3 is 0 Å². The summed E-state index contributed by atoms with van der Waals surface area (Å²) < 4.78 is 80.9. The van der Waals surface area contributed by atoms with Crippen molar-refractivity contribution in [2.75, 3.05) is 14.0 Å². The highest BCUT2D eigenvalue weighted by molar-refractivity contribution is 5.36. The van der Waals surface area contributed by atoms with E-state index in [1.54, 1.807) is 0 Å². The van der Waals surface area contributed by atoms with Crippen LogP contribution in [-0.2, 0) is 0 Å². The molecule has 0 saturated heterocycles. The summed E-state index contributed by atoms with van der Waals surface area (Å²) in [5.74, 6) is 0. The van der Waals surface area contributed by atoms with Crippen molar-refractivity contribution in [1.82, 2.24) is 4.90 Å². The average Bonchev–Trinajstić information content (AvgIpc) is 2.26. The summed E-state index contributed by atoms with van der Waals surface area (Å²) in [6.07, 6.45) is 0. The van der Waals surface area contributed by atoms with E-state index in [9.17, 15) is 0 Å².